The van der Waals surface area contributed by atoms with Crippen molar-refractivity contribution in [3.8, 4) is 0 Å². The predicted octanol–water partition coefficient (Wildman–Crippen LogP) is 2.36. The summed E-state index contributed by atoms with van der Waals surface area (Å²) in [5.41, 5.74) is 0.564. The number of ether oxygens (including phenoxy) is 1. The molecule has 2 aromatic heterocycles. The highest BCUT2D eigenvalue weighted by Gasteiger charge is 2.19. The zero-order chi connectivity index (χ0) is 14.7. The molecule has 1 N–H and O–H groups in total. The van der Waals surface area contributed by atoms with Gasteiger partial charge in [-0.05, 0) is 13.8 Å². The lowest BCUT2D eigenvalue weighted by molar-refractivity contribution is 0.0994. The van der Waals surface area contributed by atoms with E-state index in [1.54, 1.807) is 14.0 Å². The fourth-order valence-corrected chi connectivity index (χ4v) is 2.29. The van der Waals surface area contributed by atoms with Crippen LogP contribution >= 0.6 is 11.3 Å². The Balaban J connectivity index is 2.11. The lowest BCUT2D eigenvalue weighted by Crippen LogP contribution is -2.12. The van der Waals surface area contributed by atoms with Crippen LogP contribution in [0, 0.1) is 6.92 Å². The Morgan fingerprint density at radius 3 is 2.85 bits per heavy atom. The Labute approximate surface area is 120 Å². The van der Waals surface area contributed by atoms with Crippen molar-refractivity contribution in [3.63, 3.8) is 0 Å². The van der Waals surface area contributed by atoms with Crippen molar-refractivity contribution in [1.82, 2.24) is 15.2 Å². The van der Waals surface area contributed by atoms with E-state index in [0.717, 1.165) is 0 Å². The van der Waals surface area contributed by atoms with Crippen LogP contribution in [0.15, 0.2) is 4.42 Å². The molecule has 0 bridgehead atoms. The smallest absolute Gasteiger partial charge is 0.295 e. The molecule has 1 amide bonds. The molecule has 1 atom stereocenters. The van der Waals surface area contributed by atoms with Crippen molar-refractivity contribution in [2.75, 3.05) is 12.4 Å². The molecule has 2 aromatic rings. The summed E-state index contributed by atoms with van der Waals surface area (Å²) >= 11 is 1.27. The van der Waals surface area contributed by atoms with Crippen molar-refractivity contribution in [3.05, 3.63) is 22.4 Å². The van der Waals surface area contributed by atoms with Gasteiger partial charge < -0.3 is 9.15 Å². The molecule has 0 saturated heterocycles. The molecule has 0 saturated carbocycles. The second kappa shape index (κ2) is 6.10. The van der Waals surface area contributed by atoms with Gasteiger partial charge in [0.15, 0.2) is 5.89 Å². The zero-order valence-corrected chi connectivity index (χ0v) is 12.6. The number of aryl methyl sites for hydroxylation is 2. The topological polar surface area (TPSA) is 90.1 Å². The van der Waals surface area contributed by atoms with Crippen molar-refractivity contribution >= 4 is 22.4 Å². The van der Waals surface area contributed by atoms with E-state index in [1.165, 1.54) is 11.3 Å². The minimum atomic E-state index is -0.373. The molecule has 0 aliphatic heterocycles. The standard InChI is InChI=1S/C12H16N4O3S/c1-5-8-13-6(2)9(19-8)10(17)14-12-16-15-11(20-12)7(3)18-4/h7H,5H2,1-4H3,(H,14,16,17). The second-order valence-corrected chi connectivity index (χ2v) is 5.16. The molecule has 0 radical (unpaired) electrons. The zero-order valence-electron chi connectivity index (χ0n) is 11.8. The Hall–Kier alpha value is -1.80. The van der Waals surface area contributed by atoms with Crippen LogP contribution in [0.2, 0.25) is 0 Å². The van der Waals surface area contributed by atoms with Gasteiger partial charge in [-0.2, -0.15) is 0 Å². The Morgan fingerprint density at radius 2 is 2.25 bits per heavy atom. The van der Waals surface area contributed by atoms with Crippen LogP contribution in [0.5, 0.6) is 0 Å². The molecule has 0 fully saturated rings. The number of carbonyl (C=O) groups excluding carboxylic acids is 1. The SMILES string of the molecule is CCc1nc(C)c(C(=O)Nc2nnc(C(C)OC)s2)o1. The van der Waals surface area contributed by atoms with Gasteiger partial charge in [-0.1, -0.05) is 18.3 Å². The predicted molar refractivity (Wildman–Crippen MR) is 73.9 cm³/mol. The van der Waals surface area contributed by atoms with Gasteiger partial charge >= 0.3 is 0 Å². The van der Waals surface area contributed by atoms with E-state index in [2.05, 4.69) is 20.5 Å². The number of oxazole rings is 1. The highest BCUT2D eigenvalue weighted by molar-refractivity contribution is 7.15. The van der Waals surface area contributed by atoms with E-state index in [9.17, 15) is 4.79 Å². The Kier molecular flexibility index (Phi) is 4.46. The molecule has 2 rings (SSSR count). The lowest BCUT2D eigenvalue weighted by Gasteiger charge is -2.02. The van der Waals surface area contributed by atoms with Crippen molar-refractivity contribution in [2.24, 2.45) is 0 Å². The van der Waals surface area contributed by atoms with Crippen molar-refractivity contribution in [1.29, 1.82) is 0 Å². The number of nitrogens with one attached hydrogen (secondary N) is 1. The van der Waals surface area contributed by atoms with Crippen LogP contribution in [0.1, 0.15) is 47.1 Å². The summed E-state index contributed by atoms with van der Waals surface area (Å²) in [5.74, 6) is 0.375. The number of aromatic nitrogens is 3. The number of hydrogen-bond donors (Lipinski definition) is 1. The van der Waals surface area contributed by atoms with Crippen molar-refractivity contribution < 1.29 is 13.9 Å². The van der Waals surface area contributed by atoms with Crippen LogP contribution in [-0.2, 0) is 11.2 Å². The van der Waals surface area contributed by atoms with Crippen LogP contribution in [0.3, 0.4) is 0 Å². The number of carbonyl (C=O) groups is 1. The summed E-state index contributed by atoms with van der Waals surface area (Å²) in [6.07, 6.45) is 0.486. The van der Waals surface area contributed by atoms with Crippen LogP contribution < -0.4 is 5.32 Å². The lowest BCUT2D eigenvalue weighted by atomic mass is 10.3. The van der Waals surface area contributed by atoms with Gasteiger partial charge in [-0.15, -0.1) is 10.2 Å². The maximum absolute atomic E-state index is 12.1. The van der Waals surface area contributed by atoms with Crippen LogP contribution in [0.4, 0.5) is 5.13 Å². The van der Waals surface area contributed by atoms with Crippen LogP contribution in [-0.4, -0.2) is 28.2 Å². The third-order valence-electron chi connectivity index (χ3n) is 2.71. The van der Waals surface area contributed by atoms with Crippen molar-refractivity contribution in [2.45, 2.75) is 33.3 Å². The maximum Gasteiger partial charge on any atom is 0.295 e. The molecule has 8 heteroatoms. The first-order chi connectivity index (χ1) is 9.55. The third-order valence-corrected chi connectivity index (χ3v) is 3.71. The summed E-state index contributed by atoms with van der Waals surface area (Å²) < 4.78 is 10.5. The molecule has 0 spiro atoms. The first-order valence-corrected chi connectivity index (χ1v) is 7.00. The van der Waals surface area contributed by atoms with Gasteiger partial charge in [0, 0.05) is 13.5 Å². The molecule has 7 nitrogen and oxygen atoms in total. The van der Waals surface area contributed by atoms with E-state index in [4.69, 9.17) is 9.15 Å². The molecular formula is C12H16N4O3S. The Morgan fingerprint density at radius 1 is 1.50 bits per heavy atom. The fourth-order valence-electron chi connectivity index (χ4n) is 1.52. The fraction of sp³-hybridized carbons (Fsp3) is 0.500. The van der Waals surface area contributed by atoms with Gasteiger partial charge in [0.05, 0.1) is 5.69 Å². The molecular weight excluding hydrogens is 280 g/mol. The van der Waals surface area contributed by atoms with Crippen LogP contribution in [0.25, 0.3) is 0 Å². The normalized spacial score (nSPS) is 12.4. The number of nitrogens with zero attached hydrogens (tertiary/aromatic N) is 3. The number of hydrogen-bond acceptors (Lipinski definition) is 7. The molecule has 0 aliphatic rings. The number of anilines is 1. The van der Waals surface area contributed by atoms with E-state index < -0.39 is 0 Å². The molecule has 2 heterocycles. The number of rotatable bonds is 5. The monoisotopic (exact) mass is 296 g/mol. The summed E-state index contributed by atoms with van der Waals surface area (Å²) in [4.78, 5) is 16.2. The van der Waals surface area contributed by atoms with E-state index >= 15 is 0 Å². The third kappa shape index (κ3) is 3.02. The Bertz CT molecular complexity index is 608. The van der Waals surface area contributed by atoms with E-state index in [-0.39, 0.29) is 17.8 Å². The van der Waals surface area contributed by atoms with Gasteiger partial charge in [0.2, 0.25) is 10.9 Å². The minimum absolute atomic E-state index is 0.156. The number of amides is 1. The quantitative estimate of drug-likeness (QED) is 0.910. The molecule has 108 valence electrons. The average molecular weight is 296 g/mol. The number of methoxy groups -OCH3 is 1. The molecule has 0 aliphatic carbocycles. The summed E-state index contributed by atoms with van der Waals surface area (Å²) in [6, 6.07) is 0. The second-order valence-electron chi connectivity index (χ2n) is 4.15. The highest BCUT2D eigenvalue weighted by Crippen LogP contribution is 2.24. The first kappa shape index (κ1) is 14.6. The first-order valence-electron chi connectivity index (χ1n) is 6.19. The summed E-state index contributed by atoms with van der Waals surface area (Å²) in [7, 11) is 1.59. The summed E-state index contributed by atoms with van der Waals surface area (Å²) in [5, 5.41) is 11.6. The minimum Gasteiger partial charge on any atom is -0.435 e. The van der Waals surface area contributed by atoms with Gasteiger partial charge in [0.1, 0.15) is 11.1 Å². The molecule has 0 aromatic carbocycles. The summed E-state index contributed by atoms with van der Waals surface area (Å²) in [6.45, 7) is 5.51. The largest absolute Gasteiger partial charge is 0.435 e. The van der Waals surface area contributed by atoms with E-state index in [1.807, 2.05) is 13.8 Å². The maximum atomic E-state index is 12.1. The highest BCUT2D eigenvalue weighted by atomic mass is 32.1. The van der Waals surface area contributed by atoms with Gasteiger partial charge in [-0.25, -0.2) is 4.98 Å². The molecule has 1 unspecified atom stereocenters. The molecule has 20 heavy (non-hydrogen) atoms. The average Bonchev–Trinajstić information content (AvgIpc) is 3.04. The van der Waals surface area contributed by atoms with Gasteiger partial charge in [0.25, 0.3) is 5.91 Å². The van der Waals surface area contributed by atoms with E-state index in [0.29, 0.717) is 28.1 Å². The van der Waals surface area contributed by atoms with Gasteiger partial charge in [-0.3, -0.25) is 10.1 Å².